The number of carboxylic acid groups (broad SMARTS) is 1. The molecule has 0 saturated heterocycles. The SMILES string of the molecule is COc1c(C2(C(=O)O)CCC2)cc2c(c1Br)CCCCC2. The fourth-order valence-electron chi connectivity index (χ4n) is 3.69. The van der Waals surface area contributed by atoms with Crippen molar-refractivity contribution in [2.75, 3.05) is 7.11 Å². The number of aliphatic carboxylic acids is 1. The second-order valence-corrected chi connectivity index (χ2v) is 7.00. The van der Waals surface area contributed by atoms with Gasteiger partial charge in [-0.05, 0) is 65.6 Å². The van der Waals surface area contributed by atoms with E-state index in [9.17, 15) is 9.90 Å². The lowest BCUT2D eigenvalue weighted by Gasteiger charge is -2.39. The molecule has 0 heterocycles. The monoisotopic (exact) mass is 352 g/mol. The summed E-state index contributed by atoms with van der Waals surface area (Å²) in [5, 5.41) is 9.74. The number of rotatable bonds is 3. The van der Waals surface area contributed by atoms with Crippen molar-refractivity contribution >= 4 is 21.9 Å². The Labute approximate surface area is 133 Å². The number of hydrogen-bond acceptors (Lipinski definition) is 2. The summed E-state index contributed by atoms with van der Waals surface area (Å²) in [7, 11) is 1.64. The Morgan fingerprint density at radius 1 is 1.24 bits per heavy atom. The highest BCUT2D eigenvalue weighted by Gasteiger charge is 2.48. The molecule has 4 heteroatoms. The van der Waals surface area contributed by atoms with Crippen molar-refractivity contribution in [2.24, 2.45) is 0 Å². The maximum absolute atomic E-state index is 11.8. The molecule has 2 aliphatic carbocycles. The second-order valence-electron chi connectivity index (χ2n) is 6.21. The summed E-state index contributed by atoms with van der Waals surface area (Å²) >= 11 is 3.69. The number of carboxylic acids is 1. The molecule has 114 valence electrons. The molecule has 0 amide bonds. The average Bonchev–Trinajstić information content (AvgIpc) is 2.63. The van der Waals surface area contributed by atoms with Gasteiger partial charge >= 0.3 is 5.97 Å². The smallest absolute Gasteiger partial charge is 0.314 e. The number of ether oxygens (including phenoxy) is 1. The molecule has 0 spiro atoms. The molecule has 3 nitrogen and oxygen atoms in total. The maximum Gasteiger partial charge on any atom is 0.314 e. The van der Waals surface area contributed by atoms with E-state index in [-0.39, 0.29) is 0 Å². The summed E-state index contributed by atoms with van der Waals surface area (Å²) in [6.45, 7) is 0. The third-order valence-corrected chi connectivity index (χ3v) is 5.96. The van der Waals surface area contributed by atoms with Gasteiger partial charge in [-0.3, -0.25) is 4.79 Å². The van der Waals surface area contributed by atoms with Crippen LogP contribution in [0.3, 0.4) is 0 Å². The van der Waals surface area contributed by atoms with Crippen LogP contribution in [0.4, 0.5) is 0 Å². The van der Waals surface area contributed by atoms with Crippen LogP contribution in [0.2, 0.25) is 0 Å². The van der Waals surface area contributed by atoms with Crippen LogP contribution >= 0.6 is 15.9 Å². The van der Waals surface area contributed by atoms with Crippen LogP contribution in [0.1, 0.15) is 55.2 Å². The predicted octanol–water partition coefficient (Wildman–Crippen LogP) is 4.23. The van der Waals surface area contributed by atoms with Gasteiger partial charge in [0.2, 0.25) is 0 Å². The van der Waals surface area contributed by atoms with E-state index < -0.39 is 11.4 Å². The van der Waals surface area contributed by atoms with E-state index in [4.69, 9.17) is 4.74 Å². The quantitative estimate of drug-likeness (QED) is 0.827. The first kappa shape index (κ1) is 14.9. The van der Waals surface area contributed by atoms with E-state index in [1.807, 2.05) is 0 Å². The highest BCUT2D eigenvalue weighted by molar-refractivity contribution is 9.10. The fourth-order valence-corrected chi connectivity index (χ4v) is 4.52. The van der Waals surface area contributed by atoms with Crippen molar-refractivity contribution in [3.8, 4) is 5.75 Å². The van der Waals surface area contributed by atoms with Gasteiger partial charge in [0.05, 0.1) is 17.0 Å². The van der Waals surface area contributed by atoms with Crippen molar-refractivity contribution in [1.29, 1.82) is 0 Å². The highest BCUT2D eigenvalue weighted by Crippen LogP contribution is 2.51. The number of carbonyl (C=O) groups is 1. The van der Waals surface area contributed by atoms with Gasteiger partial charge in [-0.1, -0.05) is 18.9 Å². The molecule has 3 rings (SSSR count). The van der Waals surface area contributed by atoms with E-state index in [1.54, 1.807) is 7.11 Å². The van der Waals surface area contributed by atoms with Gasteiger partial charge in [-0.2, -0.15) is 0 Å². The van der Waals surface area contributed by atoms with Crippen molar-refractivity contribution in [3.05, 3.63) is 27.2 Å². The topological polar surface area (TPSA) is 46.5 Å². The van der Waals surface area contributed by atoms with Gasteiger partial charge in [0, 0.05) is 5.56 Å². The molecule has 0 bridgehead atoms. The molecule has 0 aromatic heterocycles. The Hall–Kier alpha value is -1.03. The van der Waals surface area contributed by atoms with Gasteiger partial charge in [0.1, 0.15) is 5.75 Å². The number of halogens is 1. The van der Waals surface area contributed by atoms with E-state index in [0.717, 1.165) is 35.0 Å². The lowest BCUT2D eigenvalue weighted by molar-refractivity contribution is -0.147. The summed E-state index contributed by atoms with van der Waals surface area (Å²) in [4.78, 5) is 11.8. The maximum atomic E-state index is 11.8. The lowest BCUT2D eigenvalue weighted by Crippen LogP contribution is -2.42. The first-order valence-electron chi connectivity index (χ1n) is 7.72. The molecule has 0 radical (unpaired) electrons. The summed E-state index contributed by atoms with van der Waals surface area (Å²) in [6.07, 6.45) is 8.11. The molecule has 1 aromatic carbocycles. The second kappa shape index (κ2) is 5.64. The summed E-state index contributed by atoms with van der Waals surface area (Å²) in [5.74, 6) is 0.0188. The Bertz CT molecular complexity index is 576. The van der Waals surface area contributed by atoms with Crippen molar-refractivity contribution in [2.45, 2.75) is 56.8 Å². The number of fused-ring (bicyclic) bond motifs is 1. The molecular formula is C17H21BrO3. The number of aryl methyl sites for hydroxylation is 1. The highest BCUT2D eigenvalue weighted by atomic mass is 79.9. The number of hydrogen-bond donors (Lipinski definition) is 1. The Kier molecular flexibility index (Phi) is 4.00. The van der Waals surface area contributed by atoms with Crippen molar-refractivity contribution in [1.82, 2.24) is 0 Å². The number of benzene rings is 1. The standard InChI is InChI=1S/C17H21BrO3/c1-21-15-13(17(16(19)20)8-5-9-17)10-11-6-3-2-4-7-12(11)14(15)18/h10H,2-9H2,1H3,(H,19,20). The zero-order chi connectivity index (χ0) is 15.0. The van der Waals surface area contributed by atoms with Gasteiger partial charge in [-0.25, -0.2) is 0 Å². The lowest BCUT2D eigenvalue weighted by atomic mass is 9.63. The van der Waals surface area contributed by atoms with E-state index in [0.29, 0.717) is 12.8 Å². The minimum Gasteiger partial charge on any atom is -0.495 e. The molecule has 1 saturated carbocycles. The predicted molar refractivity (Wildman–Crippen MR) is 85.1 cm³/mol. The van der Waals surface area contributed by atoms with Gasteiger partial charge in [0.15, 0.2) is 0 Å². The van der Waals surface area contributed by atoms with E-state index in [2.05, 4.69) is 22.0 Å². The zero-order valence-corrected chi connectivity index (χ0v) is 14.0. The molecule has 21 heavy (non-hydrogen) atoms. The molecule has 2 aliphatic rings. The molecule has 1 fully saturated rings. The van der Waals surface area contributed by atoms with Crippen LogP contribution in [0.15, 0.2) is 10.5 Å². The first-order chi connectivity index (χ1) is 10.1. The fraction of sp³-hybridized carbons (Fsp3) is 0.588. The van der Waals surface area contributed by atoms with Crippen LogP contribution in [0.5, 0.6) is 5.75 Å². The van der Waals surface area contributed by atoms with Gasteiger partial charge < -0.3 is 9.84 Å². The Morgan fingerprint density at radius 2 is 1.95 bits per heavy atom. The largest absolute Gasteiger partial charge is 0.495 e. The van der Waals surface area contributed by atoms with Gasteiger partial charge in [-0.15, -0.1) is 0 Å². The third-order valence-electron chi connectivity index (χ3n) is 5.12. The van der Waals surface area contributed by atoms with Crippen LogP contribution in [-0.2, 0) is 23.1 Å². The molecule has 0 atom stereocenters. The van der Waals surface area contributed by atoms with Crippen LogP contribution in [0, 0.1) is 0 Å². The third kappa shape index (κ3) is 2.28. The van der Waals surface area contributed by atoms with Crippen LogP contribution < -0.4 is 4.74 Å². The van der Waals surface area contributed by atoms with E-state index >= 15 is 0 Å². The first-order valence-corrected chi connectivity index (χ1v) is 8.51. The summed E-state index contributed by atoms with van der Waals surface area (Å²) in [5.41, 5.74) is 2.75. The molecule has 0 aliphatic heterocycles. The Balaban J connectivity index is 2.18. The molecule has 1 N–H and O–H groups in total. The summed E-state index contributed by atoms with van der Waals surface area (Å²) in [6, 6.07) is 2.12. The minimum atomic E-state index is -0.741. The van der Waals surface area contributed by atoms with Crippen molar-refractivity contribution < 1.29 is 14.6 Å². The molecular weight excluding hydrogens is 332 g/mol. The Morgan fingerprint density at radius 3 is 2.52 bits per heavy atom. The van der Waals surface area contributed by atoms with Crippen molar-refractivity contribution in [3.63, 3.8) is 0 Å². The minimum absolute atomic E-state index is 0.712. The zero-order valence-electron chi connectivity index (χ0n) is 12.4. The molecule has 0 unspecified atom stereocenters. The van der Waals surface area contributed by atoms with E-state index in [1.165, 1.54) is 30.4 Å². The van der Waals surface area contributed by atoms with Crippen LogP contribution in [-0.4, -0.2) is 18.2 Å². The normalized spacial score (nSPS) is 20.1. The molecule has 1 aromatic rings. The van der Waals surface area contributed by atoms with Gasteiger partial charge in [0.25, 0.3) is 0 Å². The average molecular weight is 353 g/mol. The summed E-state index contributed by atoms with van der Waals surface area (Å²) < 4.78 is 6.58. The van der Waals surface area contributed by atoms with Crippen LogP contribution in [0.25, 0.3) is 0 Å². The number of methoxy groups -OCH3 is 1.